The highest BCUT2D eigenvalue weighted by Gasteiger charge is 2.55. The number of amides is 4. The van der Waals surface area contributed by atoms with Crippen LogP contribution in [0.2, 0.25) is 0 Å². The molecule has 11 heteroatoms. The molecule has 1 aliphatic heterocycles. The monoisotopic (exact) mass is 563 g/mol. The Balaban J connectivity index is 0.00000441. The van der Waals surface area contributed by atoms with Gasteiger partial charge < -0.3 is 21.1 Å². The number of carbonyl (C=O) groups excluding carboxylic acids is 3. The van der Waals surface area contributed by atoms with Gasteiger partial charge in [-0.3, -0.25) is 24.7 Å². The second-order valence-corrected chi connectivity index (χ2v) is 9.44. The second kappa shape index (κ2) is 12.4. The van der Waals surface area contributed by atoms with Crippen molar-refractivity contribution < 1.29 is 24.3 Å². The highest BCUT2D eigenvalue weighted by atomic mass is 35.5. The Bertz CT molecular complexity index is 1400. The van der Waals surface area contributed by atoms with E-state index in [2.05, 4.69) is 5.32 Å². The van der Waals surface area contributed by atoms with Gasteiger partial charge in [-0.25, -0.2) is 4.79 Å². The molecule has 0 unspecified atom stereocenters. The second-order valence-electron chi connectivity index (χ2n) is 9.44. The summed E-state index contributed by atoms with van der Waals surface area (Å²) in [4.78, 5) is 54.3. The molecule has 0 aliphatic carbocycles. The first-order valence-corrected chi connectivity index (χ1v) is 12.3. The number of carboxylic acids is 1. The van der Waals surface area contributed by atoms with E-state index in [0.29, 0.717) is 16.7 Å². The van der Waals surface area contributed by atoms with E-state index in [-0.39, 0.29) is 31.2 Å². The Labute approximate surface area is 237 Å². The molecule has 4 amide bonds. The zero-order chi connectivity index (χ0) is 28.2. The number of hydrogen-bond donors (Lipinski definition) is 4. The number of hydrogen-bond acceptors (Lipinski definition) is 5. The van der Waals surface area contributed by atoms with Gasteiger partial charge in [0, 0.05) is 12.1 Å². The minimum Gasteiger partial charge on any atom is -0.481 e. The number of nitrogens with zero attached hydrogens (tertiary/aromatic N) is 2. The van der Waals surface area contributed by atoms with Crippen LogP contribution in [0.15, 0.2) is 84.9 Å². The third kappa shape index (κ3) is 6.13. The van der Waals surface area contributed by atoms with Crippen molar-refractivity contribution in [1.82, 2.24) is 15.1 Å². The van der Waals surface area contributed by atoms with Gasteiger partial charge in [0.2, 0.25) is 5.91 Å². The zero-order valence-electron chi connectivity index (χ0n) is 21.7. The van der Waals surface area contributed by atoms with Crippen molar-refractivity contribution in [1.29, 1.82) is 5.41 Å². The van der Waals surface area contributed by atoms with Crippen molar-refractivity contribution in [3.05, 3.63) is 107 Å². The van der Waals surface area contributed by atoms with Crippen LogP contribution in [0.25, 0.3) is 0 Å². The Morgan fingerprint density at radius 2 is 1.55 bits per heavy atom. The summed E-state index contributed by atoms with van der Waals surface area (Å²) in [6, 6.07) is 22.8. The van der Waals surface area contributed by atoms with E-state index in [4.69, 9.17) is 11.1 Å². The lowest BCUT2D eigenvalue weighted by atomic mass is 9.89. The maximum atomic E-state index is 13.8. The zero-order valence-corrected chi connectivity index (χ0v) is 22.6. The normalized spacial score (nSPS) is 17.2. The van der Waals surface area contributed by atoms with Crippen LogP contribution in [0.1, 0.15) is 41.6 Å². The third-order valence-corrected chi connectivity index (χ3v) is 6.82. The Kier molecular flexibility index (Phi) is 9.28. The van der Waals surface area contributed by atoms with E-state index in [1.54, 1.807) is 61.5 Å². The Morgan fingerprint density at radius 1 is 0.975 bits per heavy atom. The van der Waals surface area contributed by atoms with E-state index in [0.717, 1.165) is 10.5 Å². The molecule has 0 saturated carbocycles. The molecule has 3 aromatic rings. The molecule has 10 nitrogen and oxygen atoms in total. The topological polar surface area (TPSA) is 157 Å². The number of urea groups is 1. The first kappa shape index (κ1) is 29.9. The van der Waals surface area contributed by atoms with Gasteiger partial charge in [0.15, 0.2) is 0 Å². The average molecular weight is 564 g/mol. The third-order valence-electron chi connectivity index (χ3n) is 6.82. The fourth-order valence-corrected chi connectivity index (χ4v) is 4.68. The van der Waals surface area contributed by atoms with E-state index >= 15 is 0 Å². The minimum absolute atomic E-state index is 0. The van der Waals surface area contributed by atoms with Gasteiger partial charge in [-0.2, -0.15) is 0 Å². The number of nitrogens with two attached hydrogens (primary N) is 1. The summed E-state index contributed by atoms with van der Waals surface area (Å²) in [6.07, 6.45) is -0.363. The molecule has 208 valence electrons. The average Bonchev–Trinajstić information content (AvgIpc) is 3.10. The van der Waals surface area contributed by atoms with E-state index in [9.17, 15) is 24.3 Å². The van der Waals surface area contributed by atoms with Crippen molar-refractivity contribution in [3.63, 3.8) is 0 Å². The van der Waals surface area contributed by atoms with Gasteiger partial charge in [0.1, 0.15) is 17.9 Å². The predicted molar refractivity (Wildman–Crippen MR) is 151 cm³/mol. The fraction of sp³-hybridized carbons (Fsp3) is 0.207. The van der Waals surface area contributed by atoms with E-state index in [1.807, 2.05) is 30.3 Å². The molecule has 1 aliphatic rings. The first-order valence-electron chi connectivity index (χ1n) is 12.3. The first-order chi connectivity index (χ1) is 18.6. The number of imide groups is 1. The molecule has 1 saturated heterocycles. The van der Waals surface area contributed by atoms with E-state index in [1.165, 1.54) is 4.90 Å². The summed E-state index contributed by atoms with van der Waals surface area (Å²) in [5, 5.41) is 19.7. The van der Waals surface area contributed by atoms with Crippen LogP contribution in [0.3, 0.4) is 0 Å². The highest BCUT2D eigenvalue weighted by Crippen LogP contribution is 2.38. The van der Waals surface area contributed by atoms with Gasteiger partial charge in [-0.1, -0.05) is 84.9 Å². The minimum atomic E-state index is -1.44. The number of carboxylic acid groups (broad SMARTS) is 1. The maximum Gasteiger partial charge on any atom is 0.328 e. The highest BCUT2D eigenvalue weighted by molar-refractivity contribution is 6.09. The number of nitrogen functional groups attached to an aromatic ring is 1. The van der Waals surface area contributed by atoms with Crippen LogP contribution >= 0.6 is 12.4 Å². The number of benzene rings is 3. The molecule has 0 bridgehead atoms. The van der Waals surface area contributed by atoms with Crippen LogP contribution in [0, 0.1) is 5.41 Å². The van der Waals surface area contributed by atoms with Crippen molar-refractivity contribution >= 4 is 42.1 Å². The molecule has 1 fully saturated rings. The Morgan fingerprint density at radius 3 is 2.10 bits per heavy atom. The van der Waals surface area contributed by atoms with Gasteiger partial charge in [0.05, 0.1) is 12.5 Å². The van der Waals surface area contributed by atoms with Crippen LogP contribution in [-0.2, 0) is 26.5 Å². The summed E-state index contributed by atoms with van der Waals surface area (Å²) in [5.41, 5.74) is 6.49. The summed E-state index contributed by atoms with van der Waals surface area (Å²) in [6.45, 7) is 1.15. The fourth-order valence-electron chi connectivity index (χ4n) is 4.68. The summed E-state index contributed by atoms with van der Waals surface area (Å²) in [5.74, 6) is -2.49. The molecule has 0 aromatic heterocycles. The van der Waals surface area contributed by atoms with Crippen molar-refractivity contribution in [3.8, 4) is 0 Å². The predicted octanol–water partition coefficient (Wildman–Crippen LogP) is 3.40. The summed E-state index contributed by atoms with van der Waals surface area (Å²) >= 11 is 0. The van der Waals surface area contributed by atoms with Crippen LogP contribution in [0.5, 0.6) is 0 Å². The van der Waals surface area contributed by atoms with Gasteiger partial charge in [-0.15, -0.1) is 12.4 Å². The van der Waals surface area contributed by atoms with Crippen molar-refractivity contribution in [2.24, 2.45) is 5.73 Å². The van der Waals surface area contributed by atoms with Gasteiger partial charge in [0.25, 0.3) is 5.91 Å². The van der Waals surface area contributed by atoms with Crippen LogP contribution in [0.4, 0.5) is 4.79 Å². The summed E-state index contributed by atoms with van der Waals surface area (Å²) < 4.78 is 0. The van der Waals surface area contributed by atoms with Crippen molar-refractivity contribution in [2.45, 2.75) is 31.5 Å². The summed E-state index contributed by atoms with van der Waals surface area (Å²) in [7, 11) is 0. The number of halogens is 1. The lowest BCUT2D eigenvalue weighted by Crippen LogP contribution is -2.44. The lowest BCUT2D eigenvalue weighted by Gasteiger charge is -2.32. The molecule has 40 heavy (non-hydrogen) atoms. The van der Waals surface area contributed by atoms with Gasteiger partial charge in [-0.05, 0) is 23.6 Å². The number of amidine groups is 1. The molecule has 3 aromatic carbocycles. The maximum absolute atomic E-state index is 13.8. The molecule has 0 radical (unpaired) electrons. The van der Waals surface area contributed by atoms with Gasteiger partial charge >= 0.3 is 12.0 Å². The number of nitrogens with one attached hydrogen (secondary N) is 2. The van der Waals surface area contributed by atoms with Crippen LogP contribution in [-0.4, -0.2) is 51.1 Å². The Hall–Kier alpha value is -4.70. The SMILES string of the molecule is C[C@]1(c2ccc(C(=N)N)cc2)C(=O)N(CC(=O)N[C@@H](CC(=O)O)c2ccccc2)C(=O)N1Cc1ccccc1.Cl. The molecule has 4 rings (SSSR count). The number of aliphatic carboxylic acids is 1. The molecule has 5 N–H and O–H groups in total. The lowest BCUT2D eigenvalue weighted by molar-refractivity contribution is -0.139. The number of carbonyl (C=O) groups is 4. The molecule has 2 atom stereocenters. The molecular weight excluding hydrogens is 534 g/mol. The van der Waals surface area contributed by atoms with E-state index < -0.39 is 41.9 Å². The molecular formula is C29H30ClN5O5. The standard InChI is InChI=1S/C29H29N5O5.ClH/c1-29(22-14-12-21(13-15-22)26(30)31)27(38)33(28(39)34(29)17-19-8-4-2-5-9-19)18-24(35)32-23(16-25(36)37)20-10-6-3-7-11-20;/h2-15,23H,16-18H2,1H3,(H3,30,31)(H,32,35)(H,36,37);1H/t23-,29-;/m0./s1. The number of rotatable bonds is 10. The van der Waals surface area contributed by atoms with Crippen LogP contribution < -0.4 is 11.1 Å². The largest absolute Gasteiger partial charge is 0.481 e. The molecule has 0 spiro atoms. The smallest absolute Gasteiger partial charge is 0.328 e. The molecule has 1 heterocycles. The van der Waals surface area contributed by atoms with Crippen molar-refractivity contribution in [2.75, 3.05) is 6.54 Å². The quantitative estimate of drug-likeness (QED) is 0.168.